The summed E-state index contributed by atoms with van der Waals surface area (Å²) in [6.07, 6.45) is 2.02. The molecule has 0 aliphatic heterocycles. The fourth-order valence-corrected chi connectivity index (χ4v) is 4.99. The van der Waals surface area contributed by atoms with Crippen molar-refractivity contribution in [1.82, 2.24) is 10.0 Å². The minimum Gasteiger partial charge on any atom is -0.315 e. The van der Waals surface area contributed by atoms with Crippen LogP contribution < -0.4 is 10.0 Å². The molecule has 0 saturated heterocycles. The van der Waals surface area contributed by atoms with Gasteiger partial charge in [-0.15, -0.1) is 11.3 Å². The third kappa shape index (κ3) is 2.93. The van der Waals surface area contributed by atoms with Crippen molar-refractivity contribution in [3.8, 4) is 0 Å². The predicted octanol–water partition coefficient (Wildman–Crippen LogP) is 1.85. The Bertz CT molecular complexity index is 522. The lowest BCUT2D eigenvalue weighted by molar-refractivity contribution is 0.578. The van der Waals surface area contributed by atoms with Crippen molar-refractivity contribution in [2.24, 2.45) is 5.92 Å². The molecule has 1 aromatic rings. The first-order valence-electron chi connectivity index (χ1n) is 6.24. The Morgan fingerprint density at radius 3 is 2.78 bits per heavy atom. The van der Waals surface area contributed by atoms with Gasteiger partial charge in [0.2, 0.25) is 10.0 Å². The Hall–Kier alpha value is -0.430. The molecular weight excluding hydrogens is 268 g/mol. The summed E-state index contributed by atoms with van der Waals surface area (Å²) in [6, 6.07) is 1.92. The molecule has 0 aromatic carbocycles. The smallest absolute Gasteiger partial charge is 0.250 e. The summed E-state index contributed by atoms with van der Waals surface area (Å²) in [4.78, 5) is 1.08. The van der Waals surface area contributed by atoms with E-state index in [-0.39, 0.29) is 6.04 Å². The zero-order valence-corrected chi connectivity index (χ0v) is 12.6. The highest BCUT2D eigenvalue weighted by Crippen LogP contribution is 2.35. The molecule has 0 spiro atoms. The quantitative estimate of drug-likeness (QED) is 0.840. The molecule has 2 N–H and O–H groups in total. The van der Waals surface area contributed by atoms with Gasteiger partial charge in [-0.3, -0.25) is 0 Å². The summed E-state index contributed by atoms with van der Waals surface area (Å²) in [5.41, 5.74) is 1.04. The predicted molar refractivity (Wildman–Crippen MR) is 74.3 cm³/mol. The minimum absolute atomic E-state index is 0.148. The van der Waals surface area contributed by atoms with Gasteiger partial charge in [-0.2, -0.15) is 0 Å². The van der Waals surface area contributed by atoms with E-state index in [0.29, 0.717) is 16.7 Å². The normalized spacial score (nSPS) is 23.3. The molecule has 0 radical (unpaired) electrons. The highest BCUT2D eigenvalue weighted by molar-refractivity contribution is 7.91. The van der Waals surface area contributed by atoms with Crippen LogP contribution in [-0.4, -0.2) is 21.5 Å². The molecule has 1 fully saturated rings. The van der Waals surface area contributed by atoms with Crippen LogP contribution in [0.5, 0.6) is 0 Å². The average molecular weight is 288 g/mol. The Labute approximate surface area is 113 Å². The van der Waals surface area contributed by atoms with Crippen LogP contribution in [0, 0.1) is 12.8 Å². The number of aryl methyl sites for hydroxylation is 1. The molecule has 1 aromatic heterocycles. The molecule has 0 amide bonds. The molecule has 18 heavy (non-hydrogen) atoms. The summed E-state index contributed by atoms with van der Waals surface area (Å²) in [5.74, 6) is 0.526. The van der Waals surface area contributed by atoms with Crippen molar-refractivity contribution in [1.29, 1.82) is 0 Å². The first-order chi connectivity index (χ1) is 8.47. The Morgan fingerprint density at radius 2 is 2.22 bits per heavy atom. The topological polar surface area (TPSA) is 58.2 Å². The molecule has 6 heteroatoms. The maximum absolute atomic E-state index is 12.2. The second-order valence-electron chi connectivity index (χ2n) is 4.83. The standard InChI is InChI=1S/C12H20N2O2S2/c1-4-9-6-10(9)14-18(15,16)12-5-8(2)11(17-12)7-13-3/h5,9-10,13-14H,4,6-7H2,1-3H3. The molecule has 2 rings (SSSR count). The summed E-state index contributed by atoms with van der Waals surface area (Å²) < 4.78 is 27.6. The van der Waals surface area contributed by atoms with E-state index in [1.54, 1.807) is 6.07 Å². The molecule has 2 unspecified atom stereocenters. The van der Waals surface area contributed by atoms with Crippen LogP contribution in [0.1, 0.15) is 30.2 Å². The van der Waals surface area contributed by atoms with Gasteiger partial charge in [-0.05, 0) is 37.9 Å². The lowest BCUT2D eigenvalue weighted by Crippen LogP contribution is -2.26. The lowest BCUT2D eigenvalue weighted by atomic mass is 10.3. The molecule has 102 valence electrons. The third-order valence-electron chi connectivity index (χ3n) is 3.35. The van der Waals surface area contributed by atoms with Crippen LogP contribution in [0.3, 0.4) is 0 Å². The van der Waals surface area contributed by atoms with Crippen LogP contribution >= 0.6 is 11.3 Å². The van der Waals surface area contributed by atoms with Gasteiger partial charge in [0.15, 0.2) is 0 Å². The highest BCUT2D eigenvalue weighted by Gasteiger charge is 2.39. The zero-order valence-electron chi connectivity index (χ0n) is 11.0. The first-order valence-corrected chi connectivity index (χ1v) is 8.54. The van der Waals surface area contributed by atoms with Gasteiger partial charge in [-0.25, -0.2) is 13.1 Å². The molecule has 1 aliphatic rings. The fraction of sp³-hybridized carbons (Fsp3) is 0.667. The van der Waals surface area contributed by atoms with Crippen molar-refractivity contribution < 1.29 is 8.42 Å². The van der Waals surface area contributed by atoms with Crippen molar-refractivity contribution in [2.45, 2.75) is 43.5 Å². The zero-order chi connectivity index (χ0) is 13.3. The van der Waals surface area contributed by atoms with E-state index in [1.165, 1.54) is 11.3 Å². The van der Waals surface area contributed by atoms with E-state index < -0.39 is 10.0 Å². The van der Waals surface area contributed by atoms with Crippen molar-refractivity contribution >= 4 is 21.4 Å². The molecule has 1 aliphatic carbocycles. The molecule has 1 saturated carbocycles. The van der Waals surface area contributed by atoms with E-state index in [9.17, 15) is 8.42 Å². The molecule has 0 bridgehead atoms. The van der Waals surface area contributed by atoms with Crippen molar-refractivity contribution in [3.05, 3.63) is 16.5 Å². The van der Waals surface area contributed by atoms with Crippen LogP contribution in [0.15, 0.2) is 10.3 Å². The van der Waals surface area contributed by atoms with Gasteiger partial charge in [0, 0.05) is 17.5 Å². The van der Waals surface area contributed by atoms with Gasteiger partial charge >= 0.3 is 0 Å². The summed E-state index contributed by atoms with van der Waals surface area (Å²) >= 11 is 1.36. The van der Waals surface area contributed by atoms with Gasteiger partial charge in [0.1, 0.15) is 4.21 Å². The van der Waals surface area contributed by atoms with Crippen LogP contribution in [0.25, 0.3) is 0 Å². The number of rotatable bonds is 6. The number of sulfonamides is 1. The molecule has 4 nitrogen and oxygen atoms in total. The Balaban J connectivity index is 2.12. The number of hydrogen-bond acceptors (Lipinski definition) is 4. The molecule has 1 heterocycles. The van der Waals surface area contributed by atoms with Gasteiger partial charge < -0.3 is 5.32 Å². The molecular formula is C12H20N2O2S2. The Morgan fingerprint density at radius 1 is 1.50 bits per heavy atom. The second kappa shape index (κ2) is 5.28. The van der Waals surface area contributed by atoms with Crippen LogP contribution in [-0.2, 0) is 16.6 Å². The van der Waals surface area contributed by atoms with E-state index in [2.05, 4.69) is 17.0 Å². The van der Waals surface area contributed by atoms with E-state index in [4.69, 9.17) is 0 Å². The van der Waals surface area contributed by atoms with Gasteiger partial charge in [0.05, 0.1) is 0 Å². The second-order valence-corrected chi connectivity index (χ2v) is 7.91. The fourth-order valence-electron chi connectivity index (χ4n) is 2.06. The van der Waals surface area contributed by atoms with Crippen molar-refractivity contribution in [3.63, 3.8) is 0 Å². The number of nitrogens with one attached hydrogen (secondary N) is 2. The van der Waals surface area contributed by atoms with Crippen LogP contribution in [0.4, 0.5) is 0 Å². The van der Waals surface area contributed by atoms with E-state index in [0.717, 1.165) is 23.3 Å². The summed E-state index contributed by atoms with van der Waals surface area (Å²) in [5, 5.41) is 3.05. The van der Waals surface area contributed by atoms with Gasteiger partial charge in [-0.1, -0.05) is 13.3 Å². The van der Waals surface area contributed by atoms with E-state index in [1.807, 2.05) is 14.0 Å². The van der Waals surface area contributed by atoms with E-state index >= 15 is 0 Å². The van der Waals surface area contributed by atoms with Gasteiger partial charge in [0.25, 0.3) is 0 Å². The SMILES string of the molecule is CCC1CC1NS(=O)(=O)c1cc(C)c(CNC)s1. The third-order valence-corrected chi connectivity index (χ3v) is 6.55. The minimum atomic E-state index is -3.32. The number of hydrogen-bond donors (Lipinski definition) is 2. The first kappa shape index (κ1) is 14.0. The molecule has 2 atom stereocenters. The average Bonchev–Trinajstić information content (AvgIpc) is 2.93. The lowest BCUT2D eigenvalue weighted by Gasteiger charge is -2.03. The van der Waals surface area contributed by atoms with Crippen LogP contribution in [0.2, 0.25) is 0 Å². The monoisotopic (exact) mass is 288 g/mol. The summed E-state index contributed by atoms with van der Waals surface area (Å²) in [6.45, 7) is 4.76. The van der Waals surface area contributed by atoms with Crippen molar-refractivity contribution in [2.75, 3.05) is 7.05 Å². The summed E-state index contributed by atoms with van der Waals surface area (Å²) in [7, 11) is -1.46. The maximum atomic E-state index is 12.2. The Kier molecular flexibility index (Phi) is 4.11. The largest absolute Gasteiger partial charge is 0.315 e. The number of thiophene rings is 1. The highest BCUT2D eigenvalue weighted by atomic mass is 32.2. The maximum Gasteiger partial charge on any atom is 0.250 e.